The second-order valence-corrected chi connectivity index (χ2v) is 8.92. The minimum absolute atomic E-state index is 0.423. The molecule has 0 amide bonds. The number of benzene rings is 1. The highest BCUT2D eigenvalue weighted by atomic mass is 32.2. The largest absolute Gasteiger partial charge is 0.361 e. The molecule has 1 aromatic heterocycles. The van der Waals surface area contributed by atoms with Crippen molar-refractivity contribution in [2.24, 2.45) is 4.99 Å². The quantitative estimate of drug-likeness (QED) is 0.433. The minimum Gasteiger partial charge on any atom is -0.361 e. The first kappa shape index (κ1) is 20.3. The van der Waals surface area contributed by atoms with Gasteiger partial charge < -0.3 is 15.6 Å². The molecule has 0 unspecified atom stereocenters. The number of aliphatic imine (C=N–C) groups is 1. The van der Waals surface area contributed by atoms with Crippen molar-refractivity contribution in [1.82, 2.24) is 20.3 Å². The first-order valence-electron chi connectivity index (χ1n) is 8.60. The van der Waals surface area contributed by atoms with Crippen molar-refractivity contribution in [3.05, 3.63) is 35.5 Å². The van der Waals surface area contributed by atoms with Crippen LogP contribution in [0.25, 0.3) is 10.9 Å². The van der Waals surface area contributed by atoms with Crippen LogP contribution in [0.15, 0.2) is 29.4 Å². The Bertz CT molecular complexity index is 884. The SMILES string of the molecule is CN=C(NCCc1c[nH]c2cccc(C)c12)NCC(C)(C)NS(C)(=O)=O. The van der Waals surface area contributed by atoms with Crippen molar-refractivity contribution in [2.45, 2.75) is 32.7 Å². The molecule has 2 aromatic rings. The number of aromatic amines is 1. The molecule has 0 aliphatic heterocycles. The van der Waals surface area contributed by atoms with Gasteiger partial charge in [0.05, 0.1) is 6.26 Å². The molecule has 0 bridgehead atoms. The molecule has 0 saturated carbocycles. The molecule has 0 aliphatic carbocycles. The molecule has 2 rings (SSSR count). The second-order valence-electron chi connectivity index (χ2n) is 7.17. The maximum atomic E-state index is 11.4. The number of hydrogen-bond acceptors (Lipinski definition) is 3. The van der Waals surface area contributed by atoms with Gasteiger partial charge in [0.1, 0.15) is 0 Å². The number of aromatic nitrogens is 1. The van der Waals surface area contributed by atoms with E-state index in [-0.39, 0.29) is 0 Å². The van der Waals surface area contributed by atoms with Gasteiger partial charge in [-0.25, -0.2) is 13.1 Å². The Labute approximate surface area is 155 Å². The molecular formula is C18H29N5O2S. The summed E-state index contributed by atoms with van der Waals surface area (Å²) in [5.74, 6) is 0.643. The summed E-state index contributed by atoms with van der Waals surface area (Å²) in [5.41, 5.74) is 3.06. The molecule has 0 radical (unpaired) electrons. The Balaban J connectivity index is 1.89. The number of aryl methyl sites for hydroxylation is 1. The maximum Gasteiger partial charge on any atom is 0.209 e. The third-order valence-electron chi connectivity index (χ3n) is 4.07. The van der Waals surface area contributed by atoms with E-state index in [1.807, 2.05) is 19.9 Å². The average molecular weight is 380 g/mol. The van der Waals surface area contributed by atoms with Gasteiger partial charge in [-0.1, -0.05) is 12.1 Å². The smallest absolute Gasteiger partial charge is 0.209 e. The van der Waals surface area contributed by atoms with E-state index in [2.05, 4.69) is 50.6 Å². The summed E-state index contributed by atoms with van der Waals surface area (Å²) in [4.78, 5) is 7.50. The maximum absolute atomic E-state index is 11.4. The highest BCUT2D eigenvalue weighted by Gasteiger charge is 2.22. The van der Waals surface area contributed by atoms with Gasteiger partial charge in [-0.2, -0.15) is 0 Å². The normalized spacial score (nSPS) is 13.2. The summed E-state index contributed by atoms with van der Waals surface area (Å²) in [6, 6.07) is 6.25. The van der Waals surface area contributed by atoms with Crippen molar-refractivity contribution in [3.8, 4) is 0 Å². The Morgan fingerprint density at radius 3 is 2.65 bits per heavy atom. The lowest BCUT2D eigenvalue weighted by molar-refractivity contribution is 0.446. The van der Waals surface area contributed by atoms with Crippen LogP contribution in [-0.2, 0) is 16.4 Å². The lowest BCUT2D eigenvalue weighted by Gasteiger charge is -2.26. The van der Waals surface area contributed by atoms with Gasteiger partial charge in [0.25, 0.3) is 0 Å². The predicted molar refractivity (Wildman–Crippen MR) is 108 cm³/mol. The molecular weight excluding hydrogens is 350 g/mol. The van der Waals surface area contributed by atoms with E-state index in [0.717, 1.165) is 24.7 Å². The van der Waals surface area contributed by atoms with Gasteiger partial charge in [-0.05, 0) is 44.4 Å². The summed E-state index contributed by atoms with van der Waals surface area (Å²) in [6.45, 7) is 6.91. The van der Waals surface area contributed by atoms with Gasteiger partial charge in [-0.3, -0.25) is 4.99 Å². The van der Waals surface area contributed by atoms with E-state index >= 15 is 0 Å². The van der Waals surface area contributed by atoms with Crippen molar-refractivity contribution in [2.75, 3.05) is 26.4 Å². The molecule has 0 saturated heterocycles. The number of rotatable bonds is 7. The topological polar surface area (TPSA) is 98.4 Å². The number of hydrogen-bond donors (Lipinski definition) is 4. The summed E-state index contributed by atoms with van der Waals surface area (Å²) >= 11 is 0. The zero-order chi connectivity index (χ0) is 19.4. The summed E-state index contributed by atoms with van der Waals surface area (Å²) in [5, 5.41) is 7.71. The molecule has 1 heterocycles. The van der Waals surface area contributed by atoms with Crippen LogP contribution in [0.2, 0.25) is 0 Å². The van der Waals surface area contributed by atoms with E-state index in [1.165, 1.54) is 16.5 Å². The fraction of sp³-hybridized carbons (Fsp3) is 0.500. The highest BCUT2D eigenvalue weighted by molar-refractivity contribution is 7.88. The Kier molecular flexibility index (Phi) is 6.30. The van der Waals surface area contributed by atoms with Gasteiger partial charge in [-0.15, -0.1) is 0 Å². The molecule has 1 aromatic carbocycles. The standard InChI is InChI=1S/C18H29N5O2S/c1-13-7-6-8-15-16(13)14(11-21-15)9-10-20-17(19-4)22-12-18(2,3)23-26(5,24)25/h6-8,11,21,23H,9-10,12H2,1-5H3,(H2,19,20,22). The number of nitrogens with zero attached hydrogens (tertiary/aromatic N) is 1. The first-order chi connectivity index (χ1) is 12.1. The monoisotopic (exact) mass is 379 g/mol. The fourth-order valence-electron chi connectivity index (χ4n) is 3.03. The molecule has 0 atom stereocenters. The van der Waals surface area contributed by atoms with E-state index in [9.17, 15) is 8.42 Å². The summed E-state index contributed by atoms with van der Waals surface area (Å²) in [6.07, 6.45) is 4.07. The van der Waals surface area contributed by atoms with Crippen LogP contribution in [0.5, 0.6) is 0 Å². The van der Waals surface area contributed by atoms with E-state index in [1.54, 1.807) is 7.05 Å². The number of guanidine groups is 1. The number of nitrogens with one attached hydrogen (secondary N) is 4. The Morgan fingerprint density at radius 2 is 2.00 bits per heavy atom. The van der Waals surface area contributed by atoms with Crippen molar-refractivity contribution in [1.29, 1.82) is 0 Å². The van der Waals surface area contributed by atoms with E-state index in [4.69, 9.17) is 0 Å². The molecule has 8 heteroatoms. The van der Waals surface area contributed by atoms with Crippen LogP contribution in [0.1, 0.15) is 25.0 Å². The van der Waals surface area contributed by atoms with Gasteiger partial charge in [0.15, 0.2) is 5.96 Å². The molecule has 26 heavy (non-hydrogen) atoms. The zero-order valence-corrected chi connectivity index (χ0v) is 16.9. The Hall–Kier alpha value is -2.06. The second kappa shape index (κ2) is 8.09. The zero-order valence-electron chi connectivity index (χ0n) is 16.1. The molecule has 4 N–H and O–H groups in total. The van der Waals surface area contributed by atoms with E-state index < -0.39 is 15.6 Å². The summed E-state index contributed by atoms with van der Waals surface area (Å²) < 4.78 is 25.4. The molecule has 0 fully saturated rings. The lowest BCUT2D eigenvalue weighted by Crippen LogP contribution is -2.53. The van der Waals surface area contributed by atoms with Crippen LogP contribution in [0.4, 0.5) is 0 Å². The van der Waals surface area contributed by atoms with Crippen LogP contribution < -0.4 is 15.4 Å². The predicted octanol–water partition coefficient (Wildman–Crippen LogP) is 1.51. The van der Waals surface area contributed by atoms with Crippen LogP contribution in [0.3, 0.4) is 0 Å². The number of H-pyrrole nitrogens is 1. The van der Waals surface area contributed by atoms with Crippen LogP contribution in [0, 0.1) is 6.92 Å². The van der Waals surface area contributed by atoms with Gasteiger partial charge >= 0.3 is 0 Å². The van der Waals surface area contributed by atoms with Gasteiger partial charge in [0, 0.05) is 42.8 Å². The lowest BCUT2D eigenvalue weighted by atomic mass is 10.1. The van der Waals surface area contributed by atoms with Crippen molar-refractivity contribution in [3.63, 3.8) is 0 Å². The third-order valence-corrected chi connectivity index (χ3v) is 4.99. The molecule has 144 valence electrons. The Morgan fingerprint density at radius 1 is 1.27 bits per heavy atom. The fourth-order valence-corrected chi connectivity index (χ4v) is 4.10. The minimum atomic E-state index is -3.26. The van der Waals surface area contributed by atoms with Crippen molar-refractivity contribution >= 4 is 26.9 Å². The number of sulfonamides is 1. The van der Waals surface area contributed by atoms with E-state index in [0.29, 0.717) is 12.5 Å². The third kappa shape index (κ3) is 5.74. The average Bonchev–Trinajstić information content (AvgIpc) is 2.93. The number of fused-ring (bicyclic) bond motifs is 1. The molecule has 7 nitrogen and oxygen atoms in total. The van der Waals surface area contributed by atoms with Crippen LogP contribution >= 0.6 is 0 Å². The van der Waals surface area contributed by atoms with Crippen molar-refractivity contribution < 1.29 is 8.42 Å². The van der Waals surface area contributed by atoms with Crippen LogP contribution in [-0.4, -0.2) is 51.3 Å². The first-order valence-corrected chi connectivity index (χ1v) is 10.5. The highest BCUT2D eigenvalue weighted by Crippen LogP contribution is 2.22. The van der Waals surface area contributed by atoms with Gasteiger partial charge in [0.2, 0.25) is 10.0 Å². The summed E-state index contributed by atoms with van der Waals surface area (Å²) in [7, 11) is -1.57. The molecule has 0 spiro atoms. The molecule has 0 aliphatic rings.